The van der Waals surface area contributed by atoms with Gasteiger partial charge in [-0.15, -0.1) is 0 Å². The minimum Gasteiger partial charge on any atom is -0.369 e. The zero-order chi connectivity index (χ0) is 10.8. The topological polar surface area (TPSA) is 40.7 Å². The second kappa shape index (κ2) is 4.00. The molecule has 1 aromatic heterocycles. The summed E-state index contributed by atoms with van der Waals surface area (Å²) in [4.78, 5) is 7.99. The lowest BCUT2D eigenvalue weighted by molar-refractivity contribution is 0.807. The van der Waals surface area contributed by atoms with E-state index in [1.807, 2.05) is 6.07 Å². The largest absolute Gasteiger partial charge is 0.369 e. The number of aryl methyl sites for hydroxylation is 1. The Hall–Kier alpha value is -1.77. The number of hydrogen-bond donors (Lipinski definition) is 2. The van der Waals surface area contributed by atoms with Crippen LogP contribution in [0.1, 0.15) is 23.5 Å². The fraction of sp³-hybridized carbons (Fsp3) is 0.308. The predicted molar refractivity (Wildman–Crippen MR) is 64.6 cm³/mol. The molecule has 3 heteroatoms. The van der Waals surface area contributed by atoms with Gasteiger partial charge in [-0.05, 0) is 18.4 Å². The Labute approximate surface area is 94.9 Å². The first-order valence-electron chi connectivity index (χ1n) is 5.77. The summed E-state index contributed by atoms with van der Waals surface area (Å²) >= 11 is 0. The van der Waals surface area contributed by atoms with Crippen molar-refractivity contribution in [1.29, 1.82) is 0 Å². The molecule has 3 nitrogen and oxygen atoms in total. The van der Waals surface area contributed by atoms with E-state index in [0.717, 1.165) is 31.0 Å². The van der Waals surface area contributed by atoms with Crippen molar-refractivity contribution < 1.29 is 0 Å². The number of aromatic nitrogens is 2. The summed E-state index contributed by atoms with van der Waals surface area (Å²) in [5.41, 5.74) is 2.56. The van der Waals surface area contributed by atoms with Crippen molar-refractivity contribution in [3.05, 3.63) is 47.4 Å². The molecular weight excluding hydrogens is 198 g/mol. The monoisotopic (exact) mass is 213 g/mol. The standard InChI is InChI=1S/C13H15N3/c1-2-5-10(6-3-1)9-12-15-11-7-4-8-14-13(11)16-12/h1-3,5-6,14H,4,7-9H2,(H,15,16). The van der Waals surface area contributed by atoms with Crippen molar-refractivity contribution in [1.82, 2.24) is 9.97 Å². The summed E-state index contributed by atoms with van der Waals surface area (Å²) in [5, 5.41) is 3.33. The first-order chi connectivity index (χ1) is 7.92. The number of fused-ring (bicyclic) bond motifs is 1. The van der Waals surface area contributed by atoms with E-state index in [-0.39, 0.29) is 0 Å². The lowest BCUT2D eigenvalue weighted by Crippen LogP contribution is -2.10. The molecule has 0 atom stereocenters. The van der Waals surface area contributed by atoms with Crippen LogP contribution in [-0.2, 0) is 12.8 Å². The quantitative estimate of drug-likeness (QED) is 0.804. The molecule has 0 radical (unpaired) electrons. The molecule has 3 rings (SSSR count). The number of imidazole rings is 1. The highest BCUT2D eigenvalue weighted by Crippen LogP contribution is 2.19. The summed E-state index contributed by atoms with van der Waals surface area (Å²) in [6.45, 7) is 1.04. The number of rotatable bonds is 2. The number of hydrogen-bond acceptors (Lipinski definition) is 2. The molecule has 0 amide bonds. The van der Waals surface area contributed by atoms with E-state index in [0.29, 0.717) is 0 Å². The number of benzene rings is 1. The van der Waals surface area contributed by atoms with E-state index in [1.54, 1.807) is 0 Å². The van der Waals surface area contributed by atoms with E-state index in [1.165, 1.54) is 17.7 Å². The first kappa shape index (κ1) is 9.46. The van der Waals surface area contributed by atoms with Gasteiger partial charge in [0.2, 0.25) is 0 Å². The van der Waals surface area contributed by atoms with E-state index in [4.69, 9.17) is 0 Å². The van der Waals surface area contributed by atoms with Gasteiger partial charge in [-0.2, -0.15) is 0 Å². The van der Waals surface area contributed by atoms with E-state index >= 15 is 0 Å². The summed E-state index contributed by atoms with van der Waals surface area (Å²) in [6, 6.07) is 10.4. The predicted octanol–water partition coefficient (Wildman–Crippen LogP) is 2.36. The minimum atomic E-state index is 0.884. The van der Waals surface area contributed by atoms with Crippen molar-refractivity contribution in [2.24, 2.45) is 0 Å². The second-order valence-electron chi connectivity index (χ2n) is 4.20. The molecule has 2 heterocycles. The highest BCUT2D eigenvalue weighted by Gasteiger charge is 2.13. The van der Waals surface area contributed by atoms with Gasteiger partial charge in [-0.25, -0.2) is 4.98 Å². The molecule has 0 saturated carbocycles. The van der Waals surface area contributed by atoms with Crippen LogP contribution in [0.4, 0.5) is 5.82 Å². The van der Waals surface area contributed by atoms with Gasteiger partial charge < -0.3 is 10.3 Å². The fourth-order valence-electron chi connectivity index (χ4n) is 2.14. The van der Waals surface area contributed by atoms with Crippen LogP contribution in [-0.4, -0.2) is 16.5 Å². The molecule has 16 heavy (non-hydrogen) atoms. The Morgan fingerprint density at radius 2 is 2.06 bits per heavy atom. The number of anilines is 1. The van der Waals surface area contributed by atoms with Crippen molar-refractivity contribution in [3.8, 4) is 0 Å². The van der Waals surface area contributed by atoms with Gasteiger partial charge in [0, 0.05) is 13.0 Å². The van der Waals surface area contributed by atoms with E-state index in [9.17, 15) is 0 Å². The van der Waals surface area contributed by atoms with Crippen LogP contribution in [0.15, 0.2) is 30.3 Å². The molecular formula is C13H15N3. The fourth-order valence-corrected chi connectivity index (χ4v) is 2.14. The minimum absolute atomic E-state index is 0.884. The highest BCUT2D eigenvalue weighted by molar-refractivity contribution is 5.44. The van der Waals surface area contributed by atoms with Crippen LogP contribution >= 0.6 is 0 Å². The Morgan fingerprint density at radius 3 is 2.88 bits per heavy atom. The Balaban J connectivity index is 1.83. The molecule has 0 fully saturated rings. The third-order valence-electron chi connectivity index (χ3n) is 2.94. The molecule has 2 aromatic rings. The summed E-state index contributed by atoms with van der Waals surface area (Å²) in [5.74, 6) is 2.11. The zero-order valence-electron chi connectivity index (χ0n) is 9.16. The molecule has 0 bridgehead atoms. The SMILES string of the molecule is c1ccc(Cc2nc3c([nH]2)CCCN3)cc1. The maximum Gasteiger partial charge on any atom is 0.147 e. The van der Waals surface area contributed by atoms with Gasteiger partial charge in [-0.3, -0.25) is 0 Å². The van der Waals surface area contributed by atoms with Crippen molar-refractivity contribution in [3.63, 3.8) is 0 Å². The number of nitrogens with zero attached hydrogens (tertiary/aromatic N) is 1. The third-order valence-corrected chi connectivity index (χ3v) is 2.94. The lowest BCUT2D eigenvalue weighted by Gasteiger charge is -2.10. The van der Waals surface area contributed by atoms with Crippen LogP contribution in [0, 0.1) is 0 Å². The van der Waals surface area contributed by atoms with Gasteiger partial charge in [0.1, 0.15) is 11.6 Å². The van der Waals surface area contributed by atoms with Crippen molar-refractivity contribution in [2.45, 2.75) is 19.3 Å². The Bertz CT molecular complexity index is 450. The van der Waals surface area contributed by atoms with Gasteiger partial charge >= 0.3 is 0 Å². The van der Waals surface area contributed by atoms with Crippen LogP contribution in [0.25, 0.3) is 0 Å². The molecule has 1 aromatic carbocycles. The molecule has 0 aliphatic carbocycles. The summed E-state index contributed by atoms with van der Waals surface area (Å²) in [7, 11) is 0. The van der Waals surface area contributed by atoms with E-state index in [2.05, 4.69) is 39.6 Å². The second-order valence-corrected chi connectivity index (χ2v) is 4.20. The summed E-state index contributed by atoms with van der Waals surface area (Å²) < 4.78 is 0. The van der Waals surface area contributed by atoms with Gasteiger partial charge in [0.15, 0.2) is 0 Å². The molecule has 82 valence electrons. The smallest absolute Gasteiger partial charge is 0.147 e. The number of aromatic amines is 1. The third kappa shape index (κ3) is 1.81. The van der Waals surface area contributed by atoms with Crippen LogP contribution in [0.3, 0.4) is 0 Å². The number of H-pyrrole nitrogens is 1. The molecule has 0 spiro atoms. The Kier molecular flexibility index (Phi) is 2.37. The maximum absolute atomic E-state index is 4.58. The first-order valence-corrected chi connectivity index (χ1v) is 5.77. The average Bonchev–Trinajstić information content (AvgIpc) is 2.72. The van der Waals surface area contributed by atoms with Gasteiger partial charge in [0.05, 0.1) is 5.69 Å². The van der Waals surface area contributed by atoms with Crippen LogP contribution < -0.4 is 5.32 Å². The molecule has 1 aliphatic rings. The molecule has 1 aliphatic heterocycles. The van der Waals surface area contributed by atoms with Crippen LogP contribution in [0.5, 0.6) is 0 Å². The molecule has 2 N–H and O–H groups in total. The van der Waals surface area contributed by atoms with Crippen molar-refractivity contribution in [2.75, 3.05) is 11.9 Å². The van der Waals surface area contributed by atoms with Crippen molar-refractivity contribution >= 4 is 5.82 Å². The highest BCUT2D eigenvalue weighted by atomic mass is 15.1. The average molecular weight is 213 g/mol. The molecule has 0 saturated heterocycles. The molecule has 0 unspecified atom stereocenters. The number of nitrogens with one attached hydrogen (secondary N) is 2. The Morgan fingerprint density at radius 1 is 1.19 bits per heavy atom. The maximum atomic E-state index is 4.58. The lowest BCUT2D eigenvalue weighted by atomic mass is 10.1. The van der Waals surface area contributed by atoms with Gasteiger partial charge in [0.25, 0.3) is 0 Å². The van der Waals surface area contributed by atoms with E-state index < -0.39 is 0 Å². The van der Waals surface area contributed by atoms with Crippen LogP contribution in [0.2, 0.25) is 0 Å². The van der Waals surface area contributed by atoms with Gasteiger partial charge in [-0.1, -0.05) is 30.3 Å². The zero-order valence-corrected chi connectivity index (χ0v) is 9.16. The summed E-state index contributed by atoms with van der Waals surface area (Å²) in [6.07, 6.45) is 3.19. The normalized spacial score (nSPS) is 14.2.